The van der Waals surface area contributed by atoms with Gasteiger partial charge in [-0.25, -0.2) is 4.99 Å². The number of aliphatic hydroxyl groups is 1. The van der Waals surface area contributed by atoms with Gasteiger partial charge in [0.15, 0.2) is 5.96 Å². The summed E-state index contributed by atoms with van der Waals surface area (Å²) < 4.78 is 5.23. The van der Waals surface area contributed by atoms with Gasteiger partial charge in [-0.05, 0) is 43.7 Å². The van der Waals surface area contributed by atoms with Crippen molar-refractivity contribution < 1.29 is 9.52 Å². The summed E-state index contributed by atoms with van der Waals surface area (Å²) in [4.78, 5) is 6.76. The van der Waals surface area contributed by atoms with E-state index in [2.05, 4.69) is 36.1 Å². The molecule has 0 radical (unpaired) electrons. The van der Waals surface area contributed by atoms with Gasteiger partial charge in [-0.15, -0.1) is 0 Å². The van der Waals surface area contributed by atoms with Crippen LogP contribution in [0.4, 0.5) is 0 Å². The van der Waals surface area contributed by atoms with E-state index < -0.39 is 6.10 Å². The van der Waals surface area contributed by atoms with E-state index in [1.807, 2.05) is 0 Å². The van der Waals surface area contributed by atoms with Crippen molar-refractivity contribution in [1.29, 1.82) is 0 Å². The number of guanidine groups is 1. The highest BCUT2D eigenvalue weighted by atomic mass is 16.4. The molecule has 1 fully saturated rings. The van der Waals surface area contributed by atoms with Crippen LogP contribution in [0.25, 0.3) is 0 Å². The molecule has 2 N–H and O–H groups in total. The molecule has 2 rings (SSSR count). The number of hydrogen-bond donors (Lipinski definition) is 2. The summed E-state index contributed by atoms with van der Waals surface area (Å²) in [6.45, 7) is 6.56. The lowest BCUT2D eigenvalue weighted by Crippen LogP contribution is -2.42. The second-order valence-corrected chi connectivity index (χ2v) is 6.73. The van der Waals surface area contributed by atoms with E-state index in [0.29, 0.717) is 12.3 Å². The van der Waals surface area contributed by atoms with Gasteiger partial charge in [0.05, 0.1) is 12.8 Å². The van der Waals surface area contributed by atoms with Crippen LogP contribution in [0, 0.1) is 11.8 Å². The molecular formula is C18H31N3O2. The fraction of sp³-hybridized carbons (Fsp3) is 0.722. The number of nitrogens with zero attached hydrogens (tertiary/aromatic N) is 2. The predicted molar refractivity (Wildman–Crippen MR) is 93.4 cm³/mol. The third-order valence-electron chi connectivity index (χ3n) is 4.65. The molecule has 0 aromatic carbocycles. The second-order valence-electron chi connectivity index (χ2n) is 6.73. The molecule has 1 aliphatic rings. The van der Waals surface area contributed by atoms with Gasteiger partial charge in [-0.1, -0.05) is 19.8 Å². The van der Waals surface area contributed by atoms with Crippen molar-refractivity contribution in [3.8, 4) is 0 Å². The zero-order valence-electron chi connectivity index (χ0n) is 14.7. The Kier molecular flexibility index (Phi) is 6.96. The van der Waals surface area contributed by atoms with Crippen LogP contribution in [0.2, 0.25) is 0 Å². The number of hydrogen-bond acceptors (Lipinski definition) is 3. The van der Waals surface area contributed by atoms with Gasteiger partial charge in [0, 0.05) is 20.1 Å². The normalized spacial score (nSPS) is 23.6. The van der Waals surface area contributed by atoms with Crippen molar-refractivity contribution in [3.63, 3.8) is 0 Å². The fourth-order valence-corrected chi connectivity index (χ4v) is 3.20. The third-order valence-corrected chi connectivity index (χ3v) is 4.65. The molecule has 5 heteroatoms. The molecule has 1 aromatic rings. The third kappa shape index (κ3) is 5.57. The van der Waals surface area contributed by atoms with Crippen LogP contribution in [-0.2, 0) is 0 Å². The van der Waals surface area contributed by atoms with Crippen molar-refractivity contribution in [2.75, 3.05) is 26.7 Å². The summed E-state index contributed by atoms with van der Waals surface area (Å²) in [5, 5.41) is 13.4. The molecule has 0 spiro atoms. The predicted octanol–water partition coefficient (Wildman–Crippen LogP) is 3.04. The standard InChI is InChI=1S/C18H31N3O2/c1-4-19-18(20-12-16(22)17-6-5-11-23-17)21(3)13-15-9-7-14(2)8-10-15/h5-6,11,14-16,22H,4,7-10,12-13H2,1-3H3,(H,19,20). The van der Waals surface area contributed by atoms with E-state index in [-0.39, 0.29) is 0 Å². The molecule has 1 unspecified atom stereocenters. The molecule has 1 saturated carbocycles. The SMILES string of the molecule is CCNC(=NCC(O)c1ccco1)N(C)CC1CCC(C)CC1. The maximum absolute atomic E-state index is 10.1. The number of aliphatic imine (C=N–C) groups is 1. The van der Waals surface area contributed by atoms with Crippen LogP contribution in [0.15, 0.2) is 27.8 Å². The monoisotopic (exact) mass is 321 g/mol. The number of nitrogens with one attached hydrogen (secondary N) is 1. The summed E-state index contributed by atoms with van der Waals surface area (Å²) in [7, 11) is 2.08. The van der Waals surface area contributed by atoms with Gasteiger partial charge in [0.2, 0.25) is 0 Å². The zero-order valence-corrected chi connectivity index (χ0v) is 14.7. The summed E-state index contributed by atoms with van der Waals surface area (Å²) in [6, 6.07) is 3.56. The lowest BCUT2D eigenvalue weighted by Gasteiger charge is -2.31. The van der Waals surface area contributed by atoms with Crippen molar-refractivity contribution >= 4 is 5.96 Å². The molecule has 1 aromatic heterocycles. The largest absolute Gasteiger partial charge is 0.467 e. The molecule has 0 bridgehead atoms. The Labute approximate surface area is 139 Å². The molecule has 0 amide bonds. The van der Waals surface area contributed by atoms with Crippen LogP contribution < -0.4 is 5.32 Å². The van der Waals surface area contributed by atoms with Crippen LogP contribution in [0.5, 0.6) is 0 Å². The highest BCUT2D eigenvalue weighted by molar-refractivity contribution is 5.79. The van der Waals surface area contributed by atoms with E-state index in [0.717, 1.165) is 30.9 Å². The first kappa shape index (κ1) is 17.9. The Balaban J connectivity index is 1.89. The quantitative estimate of drug-likeness (QED) is 0.624. The number of rotatable bonds is 6. The summed E-state index contributed by atoms with van der Waals surface area (Å²) >= 11 is 0. The topological polar surface area (TPSA) is 61.0 Å². The first-order valence-corrected chi connectivity index (χ1v) is 8.81. The van der Waals surface area contributed by atoms with E-state index >= 15 is 0 Å². The average Bonchev–Trinajstić information content (AvgIpc) is 3.07. The molecule has 5 nitrogen and oxygen atoms in total. The molecule has 23 heavy (non-hydrogen) atoms. The summed E-state index contributed by atoms with van der Waals surface area (Å²) in [6.07, 6.45) is 6.17. The second kappa shape index (κ2) is 8.96. The lowest BCUT2D eigenvalue weighted by atomic mass is 9.83. The van der Waals surface area contributed by atoms with Crippen LogP contribution >= 0.6 is 0 Å². The molecule has 0 aliphatic heterocycles. The molecule has 1 aliphatic carbocycles. The van der Waals surface area contributed by atoms with E-state index in [9.17, 15) is 5.11 Å². The van der Waals surface area contributed by atoms with Gasteiger partial charge in [0.25, 0.3) is 0 Å². The minimum absolute atomic E-state index is 0.307. The lowest BCUT2D eigenvalue weighted by molar-refractivity contribution is 0.158. The summed E-state index contributed by atoms with van der Waals surface area (Å²) in [5.74, 6) is 3.04. The van der Waals surface area contributed by atoms with Crippen LogP contribution in [0.1, 0.15) is 51.4 Å². The number of aliphatic hydroxyl groups excluding tert-OH is 1. The Morgan fingerprint density at radius 1 is 1.43 bits per heavy atom. The highest BCUT2D eigenvalue weighted by Gasteiger charge is 2.21. The van der Waals surface area contributed by atoms with E-state index in [1.165, 1.54) is 25.7 Å². The van der Waals surface area contributed by atoms with E-state index in [4.69, 9.17) is 4.42 Å². The molecule has 0 saturated heterocycles. The van der Waals surface area contributed by atoms with Gasteiger partial charge in [-0.2, -0.15) is 0 Å². The van der Waals surface area contributed by atoms with Gasteiger partial charge >= 0.3 is 0 Å². The minimum Gasteiger partial charge on any atom is -0.467 e. The van der Waals surface area contributed by atoms with Crippen LogP contribution in [-0.4, -0.2) is 42.6 Å². The first-order chi connectivity index (χ1) is 11.1. The van der Waals surface area contributed by atoms with E-state index in [1.54, 1.807) is 18.4 Å². The maximum atomic E-state index is 10.1. The minimum atomic E-state index is -0.692. The highest BCUT2D eigenvalue weighted by Crippen LogP contribution is 2.28. The fourth-order valence-electron chi connectivity index (χ4n) is 3.20. The van der Waals surface area contributed by atoms with Crippen molar-refractivity contribution in [2.45, 2.75) is 45.6 Å². The van der Waals surface area contributed by atoms with Crippen molar-refractivity contribution in [2.24, 2.45) is 16.8 Å². The molecule has 1 atom stereocenters. The van der Waals surface area contributed by atoms with Crippen LogP contribution in [0.3, 0.4) is 0 Å². The Hall–Kier alpha value is -1.49. The van der Waals surface area contributed by atoms with Gasteiger partial charge < -0.3 is 19.7 Å². The maximum Gasteiger partial charge on any atom is 0.193 e. The van der Waals surface area contributed by atoms with Crippen molar-refractivity contribution in [3.05, 3.63) is 24.2 Å². The Morgan fingerprint density at radius 2 is 2.17 bits per heavy atom. The average molecular weight is 321 g/mol. The van der Waals surface area contributed by atoms with Gasteiger partial charge in [-0.3, -0.25) is 0 Å². The number of furan rings is 1. The Bertz CT molecular complexity index is 465. The molecule has 1 heterocycles. The summed E-state index contributed by atoms with van der Waals surface area (Å²) in [5.41, 5.74) is 0. The molecular weight excluding hydrogens is 290 g/mol. The molecule has 130 valence electrons. The van der Waals surface area contributed by atoms with Crippen molar-refractivity contribution in [1.82, 2.24) is 10.2 Å². The smallest absolute Gasteiger partial charge is 0.193 e. The van der Waals surface area contributed by atoms with Gasteiger partial charge in [0.1, 0.15) is 11.9 Å². The Morgan fingerprint density at radius 3 is 2.78 bits per heavy atom. The zero-order chi connectivity index (χ0) is 16.7. The first-order valence-electron chi connectivity index (χ1n) is 8.81.